The van der Waals surface area contributed by atoms with Crippen molar-refractivity contribution in [3.63, 3.8) is 0 Å². The Kier molecular flexibility index (Phi) is 5.99. The molecular weight excluding hydrogens is 262 g/mol. The number of carbonyl (C=O) groups is 1. The maximum absolute atomic E-state index is 12.6. The fourth-order valence-corrected chi connectivity index (χ4v) is 3.96. The largest absolute Gasteiger partial charge is 0.298 e. The van der Waals surface area contributed by atoms with E-state index in [2.05, 4.69) is 18.7 Å². The van der Waals surface area contributed by atoms with E-state index in [9.17, 15) is 13.2 Å². The number of sulfone groups is 1. The molecule has 0 radical (unpaired) electrons. The van der Waals surface area contributed by atoms with Gasteiger partial charge in [-0.15, -0.1) is 0 Å². The van der Waals surface area contributed by atoms with Crippen LogP contribution in [-0.2, 0) is 14.6 Å². The first-order valence-electron chi connectivity index (χ1n) is 7.32. The number of hydrogen-bond acceptors (Lipinski definition) is 4. The zero-order valence-electron chi connectivity index (χ0n) is 12.4. The van der Waals surface area contributed by atoms with E-state index in [1.165, 1.54) is 6.26 Å². The second-order valence-corrected chi connectivity index (χ2v) is 7.83. The van der Waals surface area contributed by atoms with Gasteiger partial charge in [0.1, 0.15) is 9.84 Å². The number of carbonyl (C=O) groups excluding carboxylic acids is 1. The highest BCUT2D eigenvalue weighted by atomic mass is 32.2. The van der Waals surface area contributed by atoms with E-state index in [-0.39, 0.29) is 17.1 Å². The van der Waals surface area contributed by atoms with E-state index >= 15 is 0 Å². The summed E-state index contributed by atoms with van der Waals surface area (Å²) in [6.45, 7) is 5.95. The highest BCUT2D eigenvalue weighted by molar-refractivity contribution is 7.90. The van der Waals surface area contributed by atoms with Crippen LogP contribution < -0.4 is 0 Å². The zero-order valence-corrected chi connectivity index (χ0v) is 13.3. The van der Waals surface area contributed by atoms with Crippen molar-refractivity contribution in [1.29, 1.82) is 0 Å². The standard InChI is InChI=1S/C14H27NO3S/c1-4-15(5-2)14(10-6-7-11-14)13(16)9-8-12-19(3,17)18/h4-12H2,1-3H3. The normalized spacial score (nSPS) is 18.9. The number of Topliss-reactive ketones (excluding diaryl/α,β-unsaturated/α-hetero) is 1. The fraction of sp³-hybridized carbons (Fsp3) is 0.929. The summed E-state index contributed by atoms with van der Waals surface area (Å²) in [6, 6.07) is 0. The maximum atomic E-state index is 12.6. The molecule has 4 nitrogen and oxygen atoms in total. The second-order valence-electron chi connectivity index (χ2n) is 5.57. The quantitative estimate of drug-likeness (QED) is 0.686. The molecule has 0 amide bonds. The van der Waals surface area contributed by atoms with Gasteiger partial charge in [-0.05, 0) is 32.4 Å². The van der Waals surface area contributed by atoms with E-state index < -0.39 is 9.84 Å². The summed E-state index contributed by atoms with van der Waals surface area (Å²) in [5.41, 5.74) is -0.305. The van der Waals surface area contributed by atoms with Gasteiger partial charge in [0.05, 0.1) is 11.3 Å². The van der Waals surface area contributed by atoms with E-state index in [0.717, 1.165) is 38.8 Å². The van der Waals surface area contributed by atoms with Crippen LogP contribution in [-0.4, -0.2) is 49.7 Å². The van der Waals surface area contributed by atoms with Crippen LogP contribution in [0.3, 0.4) is 0 Å². The van der Waals surface area contributed by atoms with Gasteiger partial charge in [-0.2, -0.15) is 0 Å². The molecule has 1 saturated carbocycles. The Bertz CT molecular complexity index is 393. The first-order valence-corrected chi connectivity index (χ1v) is 9.38. The van der Waals surface area contributed by atoms with Crippen molar-refractivity contribution >= 4 is 15.6 Å². The minimum atomic E-state index is -2.96. The Morgan fingerprint density at radius 3 is 2.11 bits per heavy atom. The van der Waals surface area contributed by atoms with Crippen LogP contribution in [0.4, 0.5) is 0 Å². The average Bonchev–Trinajstić information content (AvgIpc) is 2.79. The molecule has 0 bridgehead atoms. The topological polar surface area (TPSA) is 54.5 Å². The maximum Gasteiger partial charge on any atom is 0.153 e. The third-order valence-electron chi connectivity index (χ3n) is 4.24. The number of ketones is 1. The Morgan fingerprint density at radius 2 is 1.68 bits per heavy atom. The van der Waals surface area contributed by atoms with Gasteiger partial charge in [0.2, 0.25) is 0 Å². The number of likely N-dealkylation sites (N-methyl/N-ethyl adjacent to an activating group) is 1. The van der Waals surface area contributed by atoms with E-state index in [4.69, 9.17) is 0 Å². The van der Waals surface area contributed by atoms with Crippen LogP contribution in [0.2, 0.25) is 0 Å². The molecule has 0 aromatic rings. The molecule has 0 saturated heterocycles. The lowest BCUT2D eigenvalue weighted by Crippen LogP contribution is -2.52. The third kappa shape index (κ3) is 4.28. The molecular formula is C14H27NO3S. The molecule has 0 N–H and O–H groups in total. The summed E-state index contributed by atoms with van der Waals surface area (Å²) in [5.74, 6) is 0.366. The minimum absolute atomic E-state index is 0.118. The fourth-order valence-electron chi connectivity index (χ4n) is 3.29. The molecule has 1 aliphatic rings. The highest BCUT2D eigenvalue weighted by Crippen LogP contribution is 2.37. The van der Waals surface area contributed by atoms with Crippen molar-refractivity contribution in [3.8, 4) is 0 Å². The molecule has 0 aromatic carbocycles. The van der Waals surface area contributed by atoms with Crippen LogP contribution in [0.1, 0.15) is 52.4 Å². The van der Waals surface area contributed by atoms with Crippen LogP contribution in [0, 0.1) is 0 Å². The molecule has 1 aliphatic carbocycles. The van der Waals surface area contributed by atoms with Crippen molar-refractivity contribution in [1.82, 2.24) is 4.90 Å². The van der Waals surface area contributed by atoms with Crippen LogP contribution >= 0.6 is 0 Å². The van der Waals surface area contributed by atoms with Crippen LogP contribution in [0.15, 0.2) is 0 Å². The summed E-state index contributed by atoms with van der Waals surface area (Å²) in [4.78, 5) is 14.8. The summed E-state index contributed by atoms with van der Waals surface area (Å²) in [7, 11) is -2.96. The molecule has 0 unspecified atom stereocenters. The highest BCUT2D eigenvalue weighted by Gasteiger charge is 2.43. The van der Waals surface area contributed by atoms with Gasteiger partial charge >= 0.3 is 0 Å². The first kappa shape index (κ1) is 16.6. The predicted octanol–water partition coefficient (Wildman–Crippen LogP) is 2.03. The number of hydrogen-bond donors (Lipinski definition) is 0. The zero-order chi connectivity index (χ0) is 14.5. The van der Waals surface area contributed by atoms with Crippen molar-refractivity contribution < 1.29 is 13.2 Å². The Balaban J connectivity index is 2.68. The van der Waals surface area contributed by atoms with Crippen LogP contribution in [0.5, 0.6) is 0 Å². The Hall–Kier alpha value is -0.420. The molecule has 0 aliphatic heterocycles. The molecule has 0 heterocycles. The van der Waals surface area contributed by atoms with Gasteiger partial charge in [0, 0.05) is 12.7 Å². The van der Waals surface area contributed by atoms with Gasteiger partial charge in [0.15, 0.2) is 5.78 Å². The number of nitrogens with zero attached hydrogens (tertiary/aromatic N) is 1. The van der Waals surface area contributed by atoms with Crippen LogP contribution in [0.25, 0.3) is 0 Å². The van der Waals surface area contributed by atoms with Gasteiger partial charge in [-0.25, -0.2) is 8.42 Å². The minimum Gasteiger partial charge on any atom is -0.298 e. The monoisotopic (exact) mass is 289 g/mol. The molecule has 0 atom stereocenters. The summed E-state index contributed by atoms with van der Waals surface area (Å²) >= 11 is 0. The number of rotatable bonds is 8. The molecule has 0 aromatic heterocycles. The molecule has 1 rings (SSSR count). The van der Waals surface area contributed by atoms with E-state index in [1.807, 2.05) is 0 Å². The summed E-state index contributed by atoms with van der Waals surface area (Å²) in [5, 5.41) is 0. The van der Waals surface area contributed by atoms with Gasteiger partial charge in [-0.1, -0.05) is 26.7 Å². The van der Waals surface area contributed by atoms with Crippen molar-refractivity contribution in [3.05, 3.63) is 0 Å². The molecule has 112 valence electrons. The van der Waals surface area contributed by atoms with E-state index in [1.54, 1.807) is 0 Å². The van der Waals surface area contributed by atoms with Crippen molar-refractivity contribution in [2.75, 3.05) is 25.1 Å². The lowest BCUT2D eigenvalue weighted by Gasteiger charge is -2.39. The third-order valence-corrected chi connectivity index (χ3v) is 5.27. The first-order chi connectivity index (χ1) is 8.85. The lowest BCUT2D eigenvalue weighted by atomic mass is 9.87. The predicted molar refractivity (Wildman–Crippen MR) is 78.1 cm³/mol. The van der Waals surface area contributed by atoms with Crippen molar-refractivity contribution in [2.45, 2.75) is 57.9 Å². The smallest absolute Gasteiger partial charge is 0.153 e. The van der Waals surface area contributed by atoms with Gasteiger partial charge in [-0.3, -0.25) is 9.69 Å². The second kappa shape index (κ2) is 6.84. The molecule has 1 fully saturated rings. The SMILES string of the molecule is CCN(CC)C1(C(=O)CCCS(C)(=O)=O)CCCC1. The Morgan fingerprint density at radius 1 is 1.16 bits per heavy atom. The van der Waals surface area contributed by atoms with Crippen molar-refractivity contribution in [2.24, 2.45) is 0 Å². The van der Waals surface area contributed by atoms with Gasteiger partial charge < -0.3 is 0 Å². The lowest BCUT2D eigenvalue weighted by molar-refractivity contribution is -0.131. The Labute approximate surface area is 117 Å². The van der Waals surface area contributed by atoms with Gasteiger partial charge in [0.25, 0.3) is 0 Å². The van der Waals surface area contributed by atoms with E-state index in [0.29, 0.717) is 12.8 Å². The summed E-state index contributed by atoms with van der Waals surface area (Å²) < 4.78 is 22.3. The average molecular weight is 289 g/mol. The summed E-state index contributed by atoms with van der Waals surface area (Å²) in [6.07, 6.45) is 6.17. The molecule has 0 spiro atoms. The molecule has 19 heavy (non-hydrogen) atoms. The molecule has 5 heteroatoms.